The number of carbonyl (C=O) groups is 1. The number of nitrogens with zero attached hydrogens (tertiary/aromatic N) is 2. The second-order valence-corrected chi connectivity index (χ2v) is 7.14. The zero-order valence-electron chi connectivity index (χ0n) is 14.3. The van der Waals surface area contributed by atoms with Crippen LogP contribution in [0.4, 0.5) is 4.39 Å². The van der Waals surface area contributed by atoms with Crippen LogP contribution in [-0.2, 0) is 0 Å². The van der Waals surface area contributed by atoms with E-state index >= 15 is 0 Å². The van der Waals surface area contributed by atoms with Gasteiger partial charge in [-0.15, -0.1) is 24.8 Å². The van der Waals surface area contributed by atoms with Crippen molar-refractivity contribution in [2.75, 3.05) is 13.1 Å². The van der Waals surface area contributed by atoms with E-state index in [1.54, 1.807) is 18.5 Å². The second kappa shape index (κ2) is 9.15. The lowest BCUT2D eigenvalue weighted by Crippen LogP contribution is -2.31. The van der Waals surface area contributed by atoms with Gasteiger partial charge in [-0.05, 0) is 66.1 Å². The van der Waals surface area contributed by atoms with Gasteiger partial charge < -0.3 is 9.88 Å². The number of fused-ring (bicyclic) bond motifs is 1. The van der Waals surface area contributed by atoms with Crippen LogP contribution in [0.3, 0.4) is 0 Å². The molecule has 0 aliphatic carbocycles. The molecule has 4 rings (SSSR count). The lowest BCUT2D eigenvalue weighted by atomic mass is 9.90. The summed E-state index contributed by atoms with van der Waals surface area (Å²) in [5, 5.41) is 4.18. The average molecular weight is 475 g/mol. The summed E-state index contributed by atoms with van der Waals surface area (Å²) in [6.45, 7) is 1.75. The summed E-state index contributed by atoms with van der Waals surface area (Å²) in [6, 6.07) is 6.41. The summed E-state index contributed by atoms with van der Waals surface area (Å²) in [4.78, 5) is 17.3. The third-order valence-corrected chi connectivity index (χ3v) is 5.39. The number of pyridine rings is 1. The van der Waals surface area contributed by atoms with Crippen molar-refractivity contribution in [3.05, 3.63) is 58.7 Å². The van der Waals surface area contributed by atoms with Gasteiger partial charge in [-0.2, -0.15) is 0 Å². The molecule has 0 bridgehead atoms. The summed E-state index contributed by atoms with van der Waals surface area (Å²) in [7, 11) is 0. The van der Waals surface area contributed by atoms with Gasteiger partial charge in [0.05, 0.1) is 17.4 Å². The molecule has 0 amide bonds. The van der Waals surface area contributed by atoms with Gasteiger partial charge in [-0.1, -0.05) is 0 Å². The zero-order chi connectivity index (χ0) is 17.4. The van der Waals surface area contributed by atoms with Crippen molar-refractivity contribution in [2.45, 2.75) is 12.8 Å². The highest BCUT2D eigenvalue weighted by Crippen LogP contribution is 2.31. The highest BCUT2D eigenvalue weighted by Gasteiger charge is 2.25. The number of aromatic nitrogens is 2. The molecule has 0 radical (unpaired) electrons. The lowest BCUT2D eigenvalue weighted by molar-refractivity contribution is 0.0896. The molecule has 0 saturated carbocycles. The smallest absolute Gasteiger partial charge is 0.168 e. The first-order valence-electron chi connectivity index (χ1n) is 8.30. The van der Waals surface area contributed by atoms with E-state index in [-0.39, 0.29) is 42.3 Å². The van der Waals surface area contributed by atoms with Crippen molar-refractivity contribution >= 4 is 57.4 Å². The minimum Gasteiger partial charge on any atom is -0.317 e. The van der Waals surface area contributed by atoms with Gasteiger partial charge in [0.15, 0.2) is 5.78 Å². The van der Waals surface area contributed by atoms with Gasteiger partial charge in [0, 0.05) is 33.7 Å². The molecule has 3 aromatic rings. The van der Waals surface area contributed by atoms with E-state index in [0.717, 1.165) is 42.5 Å². The number of ketones is 1. The molecule has 0 atom stereocenters. The van der Waals surface area contributed by atoms with Crippen molar-refractivity contribution in [3.63, 3.8) is 0 Å². The normalized spacial score (nSPS) is 14.4. The van der Waals surface area contributed by atoms with Crippen LogP contribution in [0, 0.1) is 11.7 Å². The maximum atomic E-state index is 13.4. The van der Waals surface area contributed by atoms with Crippen molar-refractivity contribution in [1.29, 1.82) is 0 Å². The van der Waals surface area contributed by atoms with Crippen LogP contribution in [-0.4, -0.2) is 28.4 Å². The quantitative estimate of drug-likeness (QED) is 0.546. The number of carbonyl (C=O) groups excluding carboxylic acids is 1. The largest absolute Gasteiger partial charge is 0.317 e. The molecule has 27 heavy (non-hydrogen) atoms. The molecule has 0 unspecified atom stereocenters. The first-order chi connectivity index (χ1) is 12.1. The van der Waals surface area contributed by atoms with Crippen LogP contribution in [0.25, 0.3) is 16.6 Å². The standard InChI is InChI=1S/C19H17BrFN3O.2ClH/c20-16-9-13(21)1-2-17(16)24-11-15(14-5-8-23-10-18(14)24)19(25)12-3-6-22-7-4-12;;/h1-2,5,8-12,22H,3-4,6-7H2;2*1H. The number of hydrogen-bond donors (Lipinski definition) is 1. The van der Waals surface area contributed by atoms with Crippen LogP contribution < -0.4 is 5.32 Å². The van der Waals surface area contributed by atoms with E-state index in [0.29, 0.717) is 10.0 Å². The van der Waals surface area contributed by atoms with Crippen molar-refractivity contribution in [1.82, 2.24) is 14.9 Å². The number of Topliss-reactive ketones (excluding diaryl/α,β-unsaturated/α-hetero) is 1. The summed E-state index contributed by atoms with van der Waals surface area (Å²) < 4.78 is 16.0. The van der Waals surface area contributed by atoms with E-state index < -0.39 is 0 Å². The second-order valence-electron chi connectivity index (χ2n) is 6.29. The van der Waals surface area contributed by atoms with Crippen molar-refractivity contribution in [2.24, 2.45) is 5.92 Å². The fourth-order valence-corrected chi connectivity index (χ4v) is 3.99. The molecular weight excluding hydrogens is 456 g/mol. The third-order valence-electron chi connectivity index (χ3n) is 4.75. The molecule has 1 aliphatic rings. The highest BCUT2D eigenvalue weighted by molar-refractivity contribution is 9.10. The first kappa shape index (κ1) is 21.8. The summed E-state index contributed by atoms with van der Waals surface area (Å²) in [5.74, 6) is -0.0870. The molecule has 1 N–H and O–H groups in total. The Kier molecular flexibility index (Phi) is 7.40. The zero-order valence-corrected chi connectivity index (χ0v) is 17.5. The van der Waals surface area contributed by atoms with E-state index in [2.05, 4.69) is 26.2 Å². The molecule has 1 fully saturated rings. The molecule has 0 spiro atoms. The molecule has 3 heterocycles. The maximum Gasteiger partial charge on any atom is 0.168 e. The Bertz CT molecular complexity index is 957. The van der Waals surface area contributed by atoms with Crippen molar-refractivity contribution < 1.29 is 9.18 Å². The minimum absolute atomic E-state index is 0. The molecule has 1 saturated heterocycles. The number of rotatable bonds is 3. The van der Waals surface area contributed by atoms with E-state index in [4.69, 9.17) is 0 Å². The van der Waals surface area contributed by atoms with E-state index in [9.17, 15) is 9.18 Å². The Balaban J connectivity index is 0.00000131. The molecule has 1 aliphatic heterocycles. The minimum atomic E-state index is -0.309. The Morgan fingerprint density at radius 1 is 1.22 bits per heavy atom. The van der Waals surface area contributed by atoms with E-state index in [1.807, 2.05) is 16.8 Å². The third kappa shape index (κ3) is 4.19. The summed E-state index contributed by atoms with van der Waals surface area (Å²) in [5.41, 5.74) is 2.33. The molecular formula is C19H19BrCl2FN3O. The Labute approximate surface area is 177 Å². The Morgan fingerprint density at radius 3 is 2.67 bits per heavy atom. The average Bonchev–Trinajstić information content (AvgIpc) is 3.01. The monoisotopic (exact) mass is 473 g/mol. The maximum absolute atomic E-state index is 13.4. The number of hydrogen-bond acceptors (Lipinski definition) is 3. The van der Waals surface area contributed by atoms with Crippen LogP contribution in [0.15, 0.2) is 47.3 Å². The van der Waals surface area contributed by atoms with Gasteiger partial charge in [0.1, 0.15) is 5.82 Å². The Hall–Kier alpha value is -1.47. The fourth-order valence-electron chi connectivity index (χ4n) is 3.45. The summed E-state index contributed by atoms with van der Waals surface area (Å²) >= 11 is 3.42. The number of benzene rings is 1. The predicted molar refractivity (Wildman–Crippen MR) is 113 cm³/mol. The van der Waals surface area contributed by atoms with Gasteiger partial charge in [-0.3, -0.25) is 9.78 Å². The topological polar surface area (TPSA) is 46.9 Å². The van der Waals surface area contributed by atoms with Crippen LogP contribution in [0.1, 0.15) is 23.2 Å². The molecule has 8 heteroatoms. The molecule has 4 nitrogen and oxygen atoms in total. The lowest BCUT2D eigenvalue weighted by Gasteiger charge is -2.21. The van der Waals surface area contributed by atoms with Crippen LogP contribution >= 0.6 is 40.7 Å². The van der Waals surface area contributed by atoms with Gasteiger partial charge in [-0.25, -0.2) is 4.39 Å². The SMILES string of the molecule is Cl.Cl.O=C(c1cn(-c2ccc(F)cc2Br)c2cnccc12)C1CCNCC1. The Morgan fingerprint density at radius 2 is 1.96 bits per heavy atom. The van der Waals surface area contributed by atoms with Crippen LogP contribution in [0.2, 0.25) is 0 Å². The fraction of sp³-hybridized carbons (Fsp3) is 0.263. The summed E-state index contributed by atoms with van der Waals surface area (Å²) in [6.07, 6.45) is 7.01. The van der Waals surface area contributed by atoms with Crippen molar-refractivity contribution in [3.8, 4) is 5.69 Å². The van der Waals surface area contributed by atoms with Gasteiger partial charge in [0.25, 0.3) is 0 Å². The van der Waals surface area contributed by atoms with Gasteiger partial charge in [0.2, 0.25) is 0 Å². The predicted octanol–water partition coefficient (Wildman–Crippen LogP) is 4.95. The van der Waals surface area contributed by atoms with Crippen LogP contribution in [0.5, 0.6) is 0 Å². The number of piperidine rings is 1. The molecule has 144 valence electrons. The van der Waals surface area contributed by atoms with E-state index in [1.165, 1.54) is 12.1 Å². The highest BCUT2D eigenvalue weighted by atomic mass is 79.9. The molecule has 1 aromatic carbocycles. The number of halogens is 4. The number of nitrogens with one attached hydrogen (secondary N) is 1. The molecule has 2 aromatic heterocycles. The van der Waals surface area contributed by atoms with Gasteiger partial charge >= 0.3 is 0 Å². The first-order valence-corrected chi connectivity index (χ1v) is 9.10.